The number of amides is 1. The summed E-state index contributed by atoms with van der Waals surface area (Å²) in [5.41, 5.74) is 1.98. The van der Waals surface area contributed by atoms with Gasteiger partial charge in [0.2, 0.25) is 0 Å². The minimum Gasteiger partial charge on any atom is -0.465 e. The number of fused-ring (bicyclic) bond motifs is 5. The summed E-state index contributed by atoms with van der Waals surface area (Å²) in [5, 5.41) is 22.1. The average Bonchev–Trinajstić information content (AvgIpc) is 2.90. The van der Waals surface area contributed by atoms with E-state index < -0.39 is 12.2 Å². The van der Waals surface area contributed by atoms with E-state index in [9.17, 15) is 9.90 Å². The smallest absolute Gasteiger partial charge is 0.404 e. The van der Waals surface area contributed by atoms with Crippen LogP contribution in [0.15, 0.2) is 11.6 Å². The van der Waals surface area contributed by atoms with Gasteiger partial charge in [0.25, 0.3) is 0 Å². The van der Waals surface area contributed by atoms with E-state index in [0.717, 1.165) is 18.3 Å². The van der Waals surface area contributed by atoms with Crippen LogP contribution in [0.4, 0.5) is 4.79 Å². The van der Waals surface area contributed by atoms with Gasteiger partial charge in [0.05, 0.1) is 12.1 Å². The van der Waals surface area contributed by atoms with Gasteiger partial charge in [-0.05, 0) is 73.5 Å². The van der Waals surface area contributed by atoms with Gasteiger partial charge in [-0.15, -0.1) is 0 Å². The van der Waals surface area contributed by atoms with Crippen LogP contribution >= 0.6 is 0 Å². The van der Waals surface area contributed by atoms with Gasteiger partial charge < -0.3 is 15.5 Å². The second kappa shape index (κ2) is 5.48. The first-order valence-corrected chi connectivity index (χ1v) is 9.70. The van der Waals surface area contributed by atoms with Crippen molar-refractivity contribution in [2.24, 2.45) is 28.6 Å². The third-order valence-corrected chi connectivity index (χ3v) is 8.25. The van der Waals surface area contributed by atoms with Gasteiger partial charge in [0, 0.05) is 0 Å². The van der Waals surface area contributed by atoms with Gasteiger partial charge in [-0.3, -0.25) is 0 Å². The number of hydrogen-bond donors (Lipinski definition) is 3. The van der Waals surface area contributed by atoms with Crippen molar-refractivity contribution in [2.75, 3.05) is 0 Å². The van der Waals surface area contributed by atoms with Crippen LogP contribution in [0.3, 0.4) is 0 Å². The zero-order chi connectivity index (χ0) is 17.1. The summed E-state index contributed by atoms with van der Waals surface area (Å²) in [6.45, 7) is 4.84. The summed E-state index contributed by atoms with van der Waals surface area (Å²) in [6, 6.07) is -0.333. The monoisotopic (exact) mass is 333 g/mol. The van der Waals surface area contributed by atoms with Crippen LogP contribution in [0.5, 0.6) is 0 Å². The molecule has 4 heteroatoms. The number of aliphatic hydroxyl groups excluding tert-OH is 1. The van der Waals surface area contributed by atoms with E-state index in [-0.39, 0.29) is 11.5 Å². The Hall–Kier alpha value is -1.03. The van der Waals surface area contributed by atoms with Gasteiger partial charge in [-0.25, -0.2) is 4.79 Å². The first kappa shape index (κ1) is 16.4. The largest absolute Gasteiger partial charge is 0.465 e. The minimum absolute atomic E-state index is 0.0547. The zero-order valence-corrected chi connectivity index (χ0v) is 14.9. The molecule has 0 bridgehead atoms. The molecule has 24 heavy (non-hydrogen) atoms. The summed E-state index contributed by atoms with van der Waals surface area (Å²) < 4.78 is 0. The topological polar surface area (TPSA) is 69.6 Å². The lowest BCUT2D eigenvalue weighted by Crippen LogP contribution is -2.56. The molecule has 7 atom stereocenters. The lowest BCUT2D eigenvalue weighted by Gasteiger charge is -2.58. The average molecular weight is 333 g/mol. The third kappa shape index (κ3) is 2.33. The molecule has 3 fully saturated rings. The molecule has 3 saturated carbocycles. The fourth-order valence-electron chi connectivity index (χ4n) is 7.02. The van der Waals surface area contributed by atoms with Crippen LogP contribution in [0.1, 0.15) is 65.2 Å². The minimum atomic E-state index is -1.02. The fraction of sp³-hybridized carbons (Fsp3) is 0.850. The van der Waals surface area contributed by atoms with Crippen LogP contribution in [-0.4, -0.2) is 28.5 Å². The third-order valence-electron chi connectivity index (χ3n) is 8.25. The first-order chi connectivity index (χ1) is 11.3. The van der Waals surface area contributed by atoms with E-state index in [2.05, 4.69) is 25.2 Å². The predicted molar refractivity (Wildman–Crippen MR) is 92.7 cm³/mol. The maximum absolute atomic E-state index is 11.1. The van der Waals surface area contributed by atoms with Crippen molar-refractivity contribution in [1.82, 2.24) is 5.32 Å². The van der Waals surface area contributed by atoms with E-state index >= 15 is 0 Å². The molecule has 4 rings (SSSR count). The molecule has 2 unspecified atom stereocenters. The second-order valence-corrected chi connectivity index (χ2v) is 9.38. The Morgan fingerprint density at radius 3 is 2.79 bits per heavy atom. The number of carboxylic acid groups (broad SMARTS) is 1. The molecular formula is C20H31NO3. The Morgan fingerprint density at radius 1 is 1.25 bits per heavy atom. The number of allylic oxidation sites excluding steroid dienone is 1. The molecule has 0 aromatic heterocycles. The van der Waals surface area contributed by atoms with Crippen molar-refractivity contribution in [3.8, 4) is 0 Å². The van der Waals surface area contributed by atoms with E-state index in [0.29, 0.717) is 17.8 Å². The number of hydrogen-bond acceptors (Lipinski definition) is 2. The lowest BCUT2D eigenvalue weighted by molar-refractivity contribution is -0.0440. The first-order valence-electron chi connectivity index (χ1n) is 9.70. The van der Waals surface area contributed by atoms with Crippen LogP contribution < -0.4 is 5.32 Å². The Morgan fingerprint density at radius 2 is 2.04 bits per heavy atom. The fourth-order valence-corrected chi connectivity index (χ4v) is 7.02. The highest BCUT2D eigenvalue weighted by atomic mass is 16.4. The van der Waals surface area contributed by atoms with Crippen molar-refractivity contribution in [3.05, 3.63) is 11.6 Å². The zero-order valence-electron chi connectivity index (χ0n) is 14.9. The van der Waals surface area contributed by atoms with Crippen molar-refractivity contribution in [3.63, 3.8) is 0 Å². The van der Waals surface area contributed by atoms with Crippen molar-refractivity contribution in [1.29, 1.82) is 0 Å². The molecule has 0 aromatic rings. The van der Waals surface area contributed by atoms with Gasteiger partial charge in [0.15, 0.2) is 0 Å². The van der Waals surface area contributed by atoms with E-state index in [1.54, 1.807) is 0 Å². The Bertz CT molecular complexity index is 573. The summed E-state index contributed by atoms with van der Waals surface area (Å²) >= 11 is 0. The summed E-state index contributed by atoms with van der Waals surface area (Å²) in [4.78, 5) is 11.1. The van der Waals surface area contributed by atoms with Crippen molar-refractivity contribution in [2.45, 2.75) is 77.4 Å². The Balaban J connectivity index is 1.64. The van der Waals surface area contributed by atoms with Crippen LogP contribution in [0, 0.1) is 28.6 Å². The quantitative estimate of drug-likeness (QED) is 0.636. The highest BCUT2D eigenvalue weighted by Gasteiger charge is 2.57. The highest BCUT2D eigenvalue weighted by Crippen LogP contribution is 2.64. The second-order valence-electron chi connectivity index (χ2n) is 9.38. The van der Waals surface area contributed by atoms with Gasteiger partial charge in [-0.1, -0.05) is 31.9 Å². The molecule has 1 amide bonds. The molecule has 0 aromatic carbocycles. The Labute approximate surface area is 144 Å². The molecule has 3 N–H and O–H groups in total. The van der Waals surface area contributed by atoms with E-state index in [4.69, 9.17) is 5.11 Å². The van der Waals surface area contributed by atoms with Gasteiger partial charge in [0.1, 0.15) is 0 Å². The number of carbonyl (C=O) groups is 1. The van der Waals surface area contributed by atoms with E-state index in [1.165, 1.54) is 44.1 Å². The molecule has 4 aliphatic carbocycles. The number of aliphatic hydroxyl groups is 1. The molecule has 0 aliphatic heterocycles. The molecular weight excluding hydrogens is 302 g/mol. The molecule has 0 saturated heterocycles. The molecule has 0 spiro atoms. The van der Waals surface area contributed by atoms with Crippen LogP contribution in [-0.2, 0) is 0 Å². The van der Waals surface area contributed by atoms with Gasteiger partial charge >= 0.3 is 6.09 Å². The molecule has 4 nitrogen and oxygen atoms in total. The van der Waals surface area contributed by atoms with Crippen molar-refractivity contribution < 1.29 is 15.0 Å². The highest BCUT2D eigenvalue weighted by molar-refractivity contribution is 5.65. The maximum atomic E-state index is 11.1. The molecule has 0 radical (unpaired) electrons. The van der Waals surface area contributed by atoms with Gasteiger partial charge in [-0.2, -0.15) is 0 Å². The lowest BCUT2D eigenvalue weighted by atomic mass is 9.47. The maximum Gasteiger partial charge on any atom is 0.404 e. The summed E-state index contributed by atoms with van der Waals surface area (Å²) in [6.07, 6.45) is 10.1. The SMILES string of the molecule is C[C@@]12CCC[C@H]1[C@@H]1CC=C3CC(O)C(NC(=O)O)C[C@]3(C)[C@@H]1CC2. The molecule has 134 valence electrons. The standard InChI is InChI=1S/C20H31NO3/c1-19-8-3-4-14(19)13-6-5-12-10-17(22)16(21-18(23)24)11-20(12,2)15(13)7-9-19/h5,13-17,21-22H,3-4,6-11H2,1-2H3,(H,23,24)/t13-,14-,15+,16?,17?,19-,20-/m0/s1. The molecule has 0 heterocycles. The normalized spacial score (nSPS) is 50.3. The van der Waals surface area contributed by atoms with Crippen LogP contribution in [0.25, 0.3) is 0 Å². The summed E-state index contributed by atoms with van der Waals surface area (Å²) in [7, 11) is 0. The number of rotatable bonds is 1. The summed E-state index contributed by atoms with van der Waals surface area (Å²) in [5.74, 6) is 2.24. The van der Waals surface area contributed by atoms with Crippen molar-refractivity contribution >= 4 is 6.09 Å². The number of nitrogens with one attached hydrogen (secondary N) is 1. The van der Waals surface area contributed by atoms with E-state index in [1.807, 2.05) is 0 Å². The van der Waals surface area contributed by atoms with Crippen LogP contribution in [0.2, 0.25) is 0 Å². The molecule has 4 aliphatic rings. The predicted octanol–water partition coefficient (Wildman–Crippen LogP) is 3.95. The Kier molecular flexibility index (Phi) is 3.76.